The molecule has 4 heteroatoms. The summed E-state index contributed by atoms with van der Waals surface area (Å²) in [4.78, 5) is 12.3. The average molecular weight is 348 g/mol. The summed E-state index contributed by atoms with van der Waals surface area (Å²) in [7, 11) is 1.61. The molecule has 0 aliphatic heterocycles. The average Bonchev–Trinajstić information content (AvgIpc) is 2.53. The molecule has 0 heterocycles. The molecule has 2 aromatic carbocycles. The summed E-state index contributed by atoms with van der Waals surface area (Å²) in [5, 5.41) is 2.93. The van der Waals surface area contributed by atoms with E-state index in [2.05, 4.69) is 21.2 Å². The number of rotatable bonds is 5. The Hall–Kier alpha value is -1.81. The Balaban J connectivity index is 1.99. The van der Waals surface area contributed by atoms with E-state index in [0.29, 0.717) is 12.1 Å². The van der Waals surface area contributed by atoms with Gasteiger partial charge in [-0.15, -0.1) is 0 Å². The maximum atomic E-state index is 12.2. The van der Waals surface area contributed by atoms with Crippen LogP contribution in [0.15, 0.2) is 48.5 Å². The number of carbonyl (C=O) groups excluding carboxylic acids is 1. The molecule has 0 saturated carbocycles. The number of carbonyl (C=O) groups is 1. The number of methoxy groups -OCH3 is 1. The highest BCUT2D eigenvalue weighted by molar-refractivity contribution is 9.09. The molecule has 0 fully saturated rings. The van der Waals surface area contributed by atoms with Gasteiger partial charge >= 0.3 is 0 Å². The third kappa shape index (κ3) is 4.08. The Morgan fingerprint density at radius 3 is 2.62 bits per heavy atom. The molecule has 110 valence electrons. The summed E-state index contributed by atoms with van der Waals surface area (Å²) < 4.78 is 5.24. The van der Waals surface area contributed by atoms with Gasteiger partial charge in [0, 0.05) is 12.1 Å². The molecule has 1 amide bonds. The van der Waals surface area contributed by atoms with E-state index in [4.69, 9.17) is 4.74 Å². The van der Waals surface area contributed by atoms with Gasteiger partial charge in [0.05, 0.1) is 11.9 Å². The molecule has 0 bridgehead atoms. The molecule has 1 N–H and O–H groups in total. The topological polar surface area (TPSA) is 38.3 Å². The van der Waals surface area contributed by atoms with Crippen molar-refractivity contribution < 1.29 is 9.53 Å². The maximum absolute atomic E-state index is 12.2. The van der Waals surface area contributed by atoms with Crippen LogP contribution in [0.25, 0.3) is 0 Å². The smallest absolute Gasteiger partial charge is 0.251 e. The first-order valence-corrected chi connectivity index (χ1v) is 7.65. The summed E-state index contributed by atoms with van der Waals surface area (Å²) in [6.07, 6.45) is 0. The number of ether oxygens (including phenoxy) is 1. The number of hydrogen-bond acceptors (Lipinski definition) is 2. The number of halogens is 1. The van der Waals surface area contributed by atoms with Crippen LogP contribution in [0.4, 0.5) is 0 Å². The van der Waals surface area contributed by atoms with E-state index in [0.717, 1.165) is 16.9 Å². The zero-order valence-electron chi connectivity index (χ0n) is 12.1. The molecule has 3 nitrogen and oxygen atoms in total. The van der Waals surface area contributed by atoms with Crippen molar-refractivity contribution in [2.45, 2.75) is 11.8 Å². The van der Waals surface area contributed by atoms with E-state index in [1.54, 1.807) is 19.2 Å². The van der Waals surface area contributed by atoms with E-state index < -0.39 is 0 Å². The number of benzene rings is 2. The van der Waals surface area contributed by atoms with Gasteiger partial charge in [0.15, 0.2) is 0 Å². The zero-order valence-corrected chi connectivity index (χ0v) is 13.7. The fourth-order valence-corrected chi connectivity index (χ4v) is 2.49. The monoisotopic (exact) mass is 347 g/mol. The van der Waals surface area contributed by atoms with E-state index in [1.807, 2.05) is 43.3 Å². The minimum absolute atomic E-state index is 0.0926. The van der Waals surface area contributed by atoms with Crippen LogP contribution in [-0.2, 0) is 0 Å². The Morgan fingerprint density at radius 2 is 1.95 bits per heavy atom. The molecule has 0 aromatic heterocycles. The van der Waals surface area contributed by atoms with Crippen LogP contribution in [0.3, 0.4) is 0 Å². The highest BCUT2D eigenvalue weighted by atomic mass is 79.9. The number of amides is 1. The maximum Gasteiger partial charge on any atom is 0.251 e. The molecule has 0 radical (unpaired) electrons. The predicted octanol–water partition coefficient (Wildman–Crippen LogP) is 3.87. The van der Waals surface area contributed by atoms with Crippen LogP contribution >= 0.6 is 15.9 Å². The molecule has 2 aromatic rings. The molecule has 0 aliphatic rings. The SMILES string of the molecule is COc1cc(C(=O)NCC(Br)c2ccccc2)ccc1C. The predicted molar refractivity (Wildman–Crippen MR) is 88.2 cm³/mol. The van der Waals surface area contributed by atoms with Crippen LogP contribution in [-0.4, -0.2) is 19.6 Å². The van der Waals surface area contributed by atoms with E-state index >= 15 is 0 Å². The van der Waals surface area contributed by atoms with Gasteiger partial charge in [-0.25, -0.2) is 0 Å². The van der Waals surface area contributed by atoms with E-state index in [1.165, 1.54) is 0 Å². The van der Waals surface area contributed by atoms with Gasteiger partial charge in [0.25, 0.3) is 5.91 Å². The van der Waals surface area contributed by atoms with Crippen molar-refractivity contribution in [3.8, 4) is 5.75 Å². The van der Waals surface area contributed by atoms with Crippen molar-refractivity contribution in [2.24, 2.45) is 0 Å². The minimum atomic E-state index is -0.103. The Bertz CT molecular complexity index is 613. The zero-order chi connectivity index (χ0) is 15.2. The lowest BCUT2D eigenvalue weighted by atomic mass is 10.1. The fourth-order valence-electron chi connectivity index (χ4n) is 2.03. The molecule has 0 spiro atoms. The lowest BCUT2D eigenvalue weighted by Crippen LogP contribution is -2.26. The van der Waals surface area contributed by atoms with Crippen molar-refractivity contribution >= 4 is 21.8 Å². The number of alkyl halides is 1. The largest absolute Gasteiger partial charge is 0.496 e. The molecule has 1 atom stereocenters. The fraction of sp³-hybridized carbons (Fsp3) is 0.235. The summed E-state index contributed by atoms with van der Waals surface area (Å²) in [6, 6.07) is 15.4. The van der Waals surface area contributed by atoms with Crippen molar-refractivity contribution in [1.82, 2.24) is 5.32 Å². The molecule has 0 saturated heterocycles. The van der Waals surface area contributed by atoms with Gasteiger partial charge in [0.1, 0.15) is 5.75 Å². The van der Waals surface area contributed by atoms with Crippen molar-refractivity contribution in [1.29, 1.82) is 0 Å². The van der Waals surface area contributed by atoms with Crippen molar-refractivity contribution in [3.05, 3.63) is 65.2 Å². The molecular weight excluding hydrogens is 330 g/mol. The second-order valence-electron chi connectivity index (χ2n) is 4.77. The van der Waals surface area contributed by atoms with Gasteiger partial charge in [-0.2, -0.15) is 0 Å². The van der Waals surface area contributed by atoms with Gasteiger partial charge in [-0.1, -0.05) is 52.3 Å². The quantitative estimate of drug-likeness (QED) is 0.833. The summed E-state index contributed by atoms with van der Waals surface area (Å²) in [5.74, 6) is 0.620. The van der Waals surface area contributed by atoms with Crippen LogP contribution in [0, 0.1) is 6.92 Å². The summed E-state index contributed by atoms with van der Waals surface area (Å²) in [6.45, 7) is 2.48. The Kier molecular flexibility index (Phi) is 5.39. The molecular formula is C17H18BrNO2. The summed E-state index contributed by atoms with van der Waals surface area (Å²) >= 11 is 3.59. The number of nitrogens with one attached hydrogen (secondary N) is 1. The molecule has 1 unspecified atom stereocenters. The molecule has 21 heavy (non-hydrogen) atoms. The molecule has 0 aliphatic carbocycles. The second kappa shape index (κ2) is 7.27. The third-order valence-electron chi connectivity index (χ3n) is 3.27. The normalized spacial score (nSPS) is 11.8. The highest BCUT2D eigenvalue weighted by Gasteiger charge is 2.11. The van der Waals surface area contributed by atoms with E-state index in [9.17, 15) is 4.79 Å². The Morgan fingerprint density at radius 1 is 1.24 bits per heavy atom. The van der Waals surface area contributed by atoms with Gasteiger partial charge in [-0.3, -0.25) is 4.79 Å². The van der Waals surface area contributed by atoms with Crippen LogP contribution in [0.5, 0.6) is 5.75 Å². The van der Waals surface area contributed by atoms with Gasteiger partial charge < -0.3 is 10.1 Å². The number of aryl methyl sites for hydroxylation is 1. The summed E-state index contributed by atoms with van der Waals surface area (Å²) in [5.41, 5.74) is 2.75. The highest BCUT2D eigenvalue weighted by Crippen LogP contribution is 2.22. The minimum Gasteiger partial charge on any atom is -0.496 e. The third-order valence-corrected chi connectivity index (χ3v) is 4.13. The first-order valence-electron chi connectivity index (χ1n) is 6.73. The lowest BCUT2D eigenvalue weighted by Gasteiger charge is -2.12. The first kappa shape index (κ1) is 15.6. The first-order chi connectivity index (χ1) is 10.1. The van der Waals surface area contributed by atoms with Gasteiger partial charge in [-0.05, 0) is 30.2 Å². The second-order valence-corrected chi connectivity index (χ2v) is 5.88. The van der Waals surface area contributed by atoms with Crippen molar-refractivity contribution in [3.63, 3.8) is 0 Å². The van der Waals surface area contributed by atoms with E-state index in [-0.39, 0.29) is 10.7 Å². The number of hydrogen-bond donors (Lipinski definition) is 1. The van der Waals surface area contributed by atoms with Crippen LogP contribution in [0.2, 0.25) is 0 Å². The standard InChI is InChI=1S/C17H18BrNO2/c1-12-8-9-14(10-16(12)21-2)17(20)19-11-15(18)13-6-4-3-5-7-13/h3-10,15H,11H2,1-2H3,(H,19,20). The lowest BCUT2D eigenvalue weighted by molar-refractivity contribution is 0.0953. The van der Waals surface area contributed by atoms with Crippen LogP contribution in [0.1, 0.15) is 26.3 Å². The Labute approximate surface area is 133 Å². The van der Waals surface area contributed by atoms with Crippen LogP contribution < -0.4 is 10.1 Å². The molecule has 2 rings (SSSR count). The van der Waals surface area contributed by atoms with Crippen molar-refractivity contribution in [2.75, 3.05) is 13.7 Å². The van der Waals surface area contributed by atoms with Gasteiger partial charge in [0.2, 0.25) is 0 Å².